The van der Waals surface area contributed by atoms with Gasteiger partial charge >= 0.3 is 0 Å². The predicted molar refractivity (Wildman–Crippen MR) is 122 cm³/mol. The van der Waals surface area contributed by atoms with E-state index < -0.39 is 5.91 Å². The van der Waals surface area contributed by atoms with Gasteiger partial charge in [0, 0.05) is 21.8 Å². The van der Waals surface area contributed by atoms with Crippen molar-refractivity contribution in [2.45, 2.75) is 27.1 Å². The first-order chi connectivity index (χ1) is 15.4. The van der Waals surface area contributed by atoms with Crippen LogP contribution in [-0.2, 0) is 13.3 Å². The molecule has 0 aliphatic carbocycles. The van der Waals surface area contributed by atoms with Crippen LogP contribution in [-0.4, -0.2) is 30.5 Å². The number of aryl methyl sites for hydroxylation is 2. The Hall–Kier alpha value is -3.36. The first-order valence-corrected chi connectivity index (χ1v) is 10.5. The van der Waals surface area contributed by atoms with Gasteiger partial charge in [-0.25, -0.2) is 14.3 Å². The zero-order valence-electron chi connectivity index (χ0n) is 17.4. The van der Waals surface area contributed by atoms with Crippen LogP contribution in [0.3, 0.4) is 0 Å². The molecule has 4 aromatic rings. The zero-order valence-corrected chi connectivity index (χ0v) is 18.9. The number of carbonyl (C=O) groups excluding carboxylic acids is 1. The third kappa shape index (κ3) is 5.27. The lowest BCUT2D eigenvalue weighted by molar-refractivity contribution is 0.101. The molecule has 0 radical (unpaired) electrons. The number of nitrogens with one attached hydrogen (secondary N) is 1. The summed E-state index contributed by atoms with van der Waals surface area (Å²) < 4.78 is 8.84. The smallest absolute Gasteiger partial charge is 0.278 e. The topological polar surface area (TPSA) is 86.9 Å². The van der Waals surface area contributed by atoms with Crippen molar-refractivity contribution in [2.75, 3.05) is 5.32 Å². The number of aromatic nitrogens is 5. The summed E-state index contributed by atoms with van der Waals surface area (Å²) in [4.78, 5) is 16.6. The van der Waals surface area contributed by atoms with E-state index in [9.17, 15) is 4.79 Å². The SMILES string of the molecule is Cc1cc(C)cc(OCn2ccc(C(=O)Nc3ncn(Cc4c(Cl)cccc4Cl)n3)n2)c1. The Morgan fingerprint density at radius 1 is 1.03 bits per heavy atom. The lowest BCUT2D eigenvalue weighted by atomic mass is 10.1. The van der Waals surface area contributed by atoms with Gasteiger partial charge in [0.15, 0.2) is 12.4 Å². The molecule has 8 nitrogen and oxygen atoms in total. The predicted octanol–water partition coefficient (Wildman–Crippen LogP) is 4.74. The van der Waals surface area contributed by atoms with Crippen LogP contribution in [0.1, 0.15) is 27.2 Å². The number of benzene rings is 2. The van der Waals surface area contributed by atoms with Crippen LogP contribution < -0.4 is 10.1 Å². The van der Waals surface area contributed by atoms with Crippen molar-refractivity contribution in [3.8, 4) is 5.75 Å². The summed E-state index contributed by atoms with van der Waals surface area (Å²) in [7, 11) is 0. The van der Waals surface area contributed by atoms with Crippen LogP contribution in [0.5, 0.6) is 5.75 Å². The van der Waals surface area contributed by atoms with Gasteiger partial charge in [-0.2, -0.15) is 5.10 Å². The number of nitrogens with zero attached hydrogens (tertiary/aromatic N) is 5. The molecule has 2 aromatic carbocycles. The highest BCUT2D eigenvalue weighted by molar-refractivity contribution is 6.35. The van der Waals surface area contributed by atoms with Gasteiger partial charge in [0.1, 0.15) is 12.1 Å². The third-order valence-corrected chi connectivity index (χ3v) is 5.28. The number of rotatable bonds is 7. The summed E-state index contributed by atoms with van der Waals surface area (Å²) in [5.41, 5.74) is 3.18. The van der Waals surface area contributed by atoms with E-state index in [-0.39, 0.29) is 18.4 Å². The maximum Gasteiger partial charge on any atom is 0.278 e. The normalized spacial score (nSPS) is 10.9. The summed E-state index contributed by atoms with van der Waals surface area (Å²) in [5.74, 6) is 0.472. The summed E-state index contributed by atoms with van der Waals surface area (Å²) in [6.45, 7) is 4.52. The molecule has 2 aromatic heterocycles. The van der Waals surface area contributed by atoms with Crippen molar-refractivity contribution in [1.82, 2.24) is 24.5 Å². The second-order valence-corrected chi connectivity index (χ2v) is 8.07. The molecule has 1 amide bonds. The van der Waals surface area contributed by atoms with Crippen LogP contribution in [0.15, 0.2) is 55.0 Å². The average Bonchev–Trinajstić information content (AvgIpc) is 3.38. The van der Waals surface area contributed by atoms with Gasteiger partial charge in [-0.3, -0.25) is 10.1 Å². The molecule has 0 saturated carbocycles. The van der Waals surface area contributed by atoms with Crippen molar-refractivity contribution >= 4 is 35.1 Å². The minimum Gasteiger partial charge on any atom is -0.471 e. The van der Waals surface area contributed by atoms with Gasteiger partial charge in [-0.05, 0) is 55.3 Å². The van der Waals surface area contributed by atoms with E-state index in [4.69, 9.17) is 27.9 Å². The maximum atomic E-state index is 12.5. The van der Waals surface area contributed by atoms with E-state index in [1.807, 2.05) is 26.0 Å². The number of hydrogen-bond donors (Lipinski definition) is 1. The van der Waals surface area contributed by atoms with Gasteiger partial charge in [-0.15, -0.1) is 5.10 Å². The first kappa shape index (κ1) is 21.9. The van der Waals surface area contributed by atoms with Crippen molar-refractivity contribution < 1.29 is 9.53 Å². The first-order valence-electron chi connectivity index (χ1n) is 9.75. The Bertz CT molecular complexity index is 1230. The standard InChI is InChI=1S/C22H20Cl2N6O2/c1-14-8-15(2)10-16(9-14)32-13-29-7-6-20(27-29)21(31)26-22-25-12-30(28-22)11-17-18(23)4-3-5-19(17)24/h3-10,12H,11,13H2,1-2H3,(H,26,28,31). The number of hydrogen-bond acceptors (Lipinski definition) is 5. The molecule has 0 aliphatic heterocycles. The molecule has 4 rings (SSSR count). The van der Waals surface area contributed by atoms with Crippen LogP contribution in [0.25, 0.3) is 0 Å². The highest BCUT2D eigenvalue weighted by Crippen LogP contribution is 2.25. The largest absolute Gasteiger partial charge is 0.471 e. The molecule has 164 valence electrons. The molecule has 0 aliphatic rings. The summed E-state index contributed by atoms with van der Waals surface area (Å²) >= 11 is 12.4. The fourth-order valence-electron chi connectivity index (χ4n) is 3.15. The molecule has 0 bridgehead atoms. The van der Waals surface area contributed by atoms with Gasteiger partial charge in [-0.1, -0.05) is 35.3 Å². The molecular formula is C22H20Cl2N6O2. The Labute approximate surface area is 194 Å². The van der Waals surface area contributed by atoms with Crippen LogP contribution >= 0.6 is 23.2 Å². The molecule has 0 spiro atoms. The lowest BCUT2D eigenvalue weighted by Gasteiger charge is -2.08. The summed E-state index contributed by atoms with van der Waals surface area (Å²) in [6, 6.07) is 12.8. The summed E-state index contributed by atoms with van der Waals surface area (Å²) in [5, 5.41) is 12.2. The Morgan fingerprint density at radius 3 is 2.47 bits per heavy atom. The van der Waals surface area contributed by atoms with E-state index in [0.29, 0.717) is 16.6 Å². The van der Waals surface area contributed by atoms with Crippen LogP contribution in [0.2, 0.25) is 10.0 Å². The van der Waals surface area contributed by atoms with Gasteiger partial charge in [0.25, 0.3) is 5.91 Å². The highest BCUT2D eigenvalue weighted by atomic mass is 35.5. The minimum atomic E-state index is -0.427. The van der Waals surface area contributed by atoms with Crippen molar-refractivity contribution in [1.29, 1.82) is 0 Å². The molecular weight excluding hydrogens is 451 g/mol. The second-order valence-electron chi connectivity index (χ2n) is 7.26. The van der Waals surface area contributed by atoms with Crippen LogP contribution in [0.4, 0.5) is 5.95 Å². The second kappa shape index (κ2) is 9.42. The van der Waals surface area contributed by atoms with Gasteiger partial charge in [0.05, 0.1) is 6.54 Å². The fraction of sp³-hybridized carbons (Fsp3) is 0.182. The molecule has 0 atom stereocenters. The molecule has 10 heteroatoms. The number of halogens is 2. The number of amides is 1. The number of anilines is 1. The Morgan fingerprint density at radius 2 is 1.75 bits per heavy atom. The third-order valence-electron chi connectivity index (χ3n) is 4.58. The molecule has 0 unspecified atom stereocenters. The van der Waals surface area contributed by atoms with Crippen molar-refractivity contribution in [3.63, 3.8) is 0 Å². The molecule has 2 heterocycles. The molecule has 32 heavy (non-hydrogen) atoms. The van der Waals surface area contributed by atoms with Gasteiger partial charge < -0.3 is 4.74 Å². The van der Waals surface area contributed by atoms with E-state index in [1.54, 1.807) is 35.1 Å². The van der Waals surface area contributed by atoms with Crippen molar-refractivity contribution in [3.05, 3.63) is 87.4 Å². The monoisotopic (exact) mass is 470 g/mol. The average molecular weight is 471 g/mol. The van der Waals surface area contributed by atoms with E-state index in [1.165, 1.54) is 11.0 Å². The highest BCUT2D eigenvalue weighted by Gasteiger charge is 2.14. The van der Waals surface area contributed by atoms with E-state index in [2.05, 4.69) is 26.6 Å². The van der Waals surface area contributed by atoms with E-state index in [0.717, 1.165) is 22.4 Å². The van der Waals surface area contributed by atoms with Crippen molar-refractivity contribution in [2.24, 2.45) is 0 Å². The number of ether oxygens (including phenoxy) is 1. The summed E-state index contributed by atoms with van der Waals surface area (Å²) in [6.07, 6.45) is 3.16. The minimum absolute atomic E-state index is 0.152. The lowest BCUT2D eigenvalue weighted by Crippen LogP contribution is -2.15. The molecule has 0 saturated heterocycles. The Kier molecular flexibility index (Phi) is 6.43. The number of carbonyl (C=O) groups is 1. The zero-order chi connectivity index (χ0) is 22.7. The Balaban J connectivity index is 1.36. The van der Waals surface area contributed by atoms with E-state index >= 15 is 0 Å². The maximum absolute atomic E-state index is 12.5. The fourth-order valence-corrected chi connectivity index (χ4v) is 3.67. The molecule has 1 N–H and O–H groups in total. The van der Waals surface area contributed by atoms with Crippen LogP contribution in [0, 0.1) is 13.8 Å². The molecule has 0 fully saturated rings. The van der Waals surface area contributed by atoms with Gasteiger partial charge in [0.2, 0.25) is 5.95 Å². The quantitative estimate of drug-likeness (QED) is 0.421.